The molecule has 1 unspecified atom stereocenters. The summed E-state index contributed by atoms with van der Waals surface area (Å²) in [6.07, 6.45) is 5.42. The summed E-state index contributed by atoms with van der Waals surface area (Å²) < 4.78 is 0. The zero-order chi connectivity index (χ0) is 15.4. The van der Waals surface area contributed by atoms with Crippen molar-refractivity contribution in [3.8, 4) is 0 Å². The molecule has 3 heteroatoms. The summed E-state index contributed by atoms with van der Waals surface area (Å²) in [5, 5.41) is 0. The average Bonchev–Trinajstić information content (AvgIpc) is 2.53. The molecule has 0 N–H and O–H groups in total. The molecular formula is C18H25NO2. The van der Waals surface area contributed by atoms with Crippen LogP contribution < -0.4 is 0 Å². The van der Waals surface area contributed by atoms with Gasteiger partial charge in [-0.2, -0.15) is 0 Å². The van der Waals surface area contributed by atoms with Crippen molar-refractivity contribution < 1.29 is 9.59 Å². The summed E-state index contributed by atoms with van der Waals surface area (Å²) in [5.74, 6) is 0.251. The highest BCUT2D eigenvalue weighted by Gasteiger charge is 2.29. The second-order valence-electron chi connectivity index (χ2n) is 6.19. The van der Waals surface area contributed by atoms with Crippen molar-refractivity contribution in [3.63, 3.8) is 0 Å². The van der Waals surface area contributed by atoms with Crippen molar-refractivity contribution in [1.29, 1.82) is 0 Å². The van der Waals surface area contributed by atoms with E-state index in [9.17, 15) is 9.59 Å². The van der Waals surface area contributed by atoms with Crippen LogP contribution in [0, 0.1) is 12.8 Å². The molecule has 0 aliphatic heterocycles. The number of aryl methyl sites for hydroxylation is 1. The largest absolute Gasteiger partial charge is 0.335 e. The predicted octanol–water partition coefficient (Wildman–Crippen LogP) is 3.60. The smallest absolute Gasteiger partial charge is 0.226 e. The van der Waals surface area contributed by atoms with E-state index in [0.29, 0.717) is 5.56 Å². The lowest BCUT2D eigenvalue weighted by Gasteiger charge is -2.30. The SMILES string of the molecule is Cc1ccc(C(=O)C(C)N(C)C(=O)C2CCCCC2)cc1. The Bertz CT molecular complexity index is 500. The first-order valence-corrected chi connectivity index (χ1v) is 7.88. The van der Waals surface area contributed by atoms with Gasteiger partial charge in [-0.1, -0.05) is 49.1 Å². The highest BCUT2D eigenvalue weighted by Crippen LogP contribution is 2.26. The number of Topliss-reactive ketones (excluding diaryl/α,β-unsaturated/α-hetero) is 1. The Morgan fingerprint density at radius 2 is 1.67 bits per heavy atom. The molecule has 0 aromatic heterocycles. The summed E-state index contributed by atoms with van der Waals surface area (Å²) in [7, 11) is 1.76. The van der Waals surface area contributed by atoms with Gasteiger partial charge in [-0.05, 0) is 26.7 Å². The molecule has 1 aromatic carbocycles. The van der Waals surface area contributed by atoms with Gasteiger partial charge in [-0.25, -0.2) is 0 Å². The number of nitrogens with zero attached hydrogens (tertiary/aromatic N) is 1. The van der Waals surface area contributed by atoms with Crippen LogP contribution in [0.15, 0.2) is 24.3 Å². The number of amides is 1. The summed E-state index contributed by atoms with van der Waals surface area (Å²) in [5.41, 5.74) is 1.81. The number of hydrogen-bond donors (Lipinski definition) is 0. The summed E-state index contributed by atoms with van der Waals surface area (Å²) in [4.78, 5) is 26.6. The maximum Gasteiger partial charge on any atom is 0.226 e. The molecule has 1 fully saturated rings. The molecule has 21 heavy (non-hydrogen) atoms. The molecule has 1 atom stereocenters. The second kappa shape index (κ2) is 6.88. The molecule has 1 aliphatic carbocycles. The molecule has 0 heterocycles. The molecule has 1 saturated carbocycles. The van der Waals surface area contributed by atoms with Crippen LogP contribution in [0.4, 0.5) is 0 Å². The number of carbonyl (C=O) groups is 2. The lowest BCUT2D eigenvalue weighted by molar-refractivity contribution is -0.136. The molecule has 3 nitrogen and oxygen atoms in total. The van der Waals surface area contributed by atoms with Crippen molar-refractivity contribution in [2.24, 2.45) is 5.92 Å². The monoisotopic (exact) mass is 287 g/mol. The van der Waals surface area contributed by atoms with Gasteiger partial charge in [0.25, 0.3) is 0 Å². The quantitative estimate of drug-likeness (QED) is 0.793. The molecule has 1 amide bonds. The predicted molar refractivity (Wildman–Crippen MR) is 84.3 cm³/mol. The molecular weight excluding hydrogens is 262 g/mol. The van der Waals surface area contributed by atoms with E-state index in [1.807, 2.05) is 38.1 Å². The number of hydrogen-bond acceptors (Lipinski definition) is 2. The minimum atomic E-state index is -0.401. The molecule has 0 bridgehead atoms. The van der Waals surface area contributed by atoms with Crippen molar-refractivity contribution in [1.82, 2.24) is 4.90 Å². The Hall–Kier alpha value is -1.64. The third-order valence-electron chi connectivity index (χ3n) is 4.60. The number of carbonyl (C=O) groups excluding carboxylic acids is 2. The van der Waals surface area contributed by atoms with Crippen molar-refractivity contribution in [3.05, 3.63) is 35.4 Å². The van der Waals surface area contributed by atoms with E-state index in [-0.39, 0.29) is 17.6 Å². The first-order chi connectivity index (χ1) is 10.0. The minimum Gasteiger partial charge on any atom is -0.335 e. The molecule has 1 aliphatic rings. The zero-order valence-electron chi connectivity index (χ0n) is 13.3. The highest BCUT2D eigenvalue weighted by molar-refractivity contribution is 6.01. The first kappa shape index (κ1) is 15.7. The first-order valence-electron chi connectivity index (χ1n) is 7.88. The maximum atomic E-state index is 12.5. The molecule has 2 rings (SSSR count). The average molecular weight is 287 g/mol. The van der Waals surface area contributed by atoms with E-state index < -0.39 is 6.04 Å². The van der Waals surface area contributed by atoms with Crippen molar-refractivity contribution in [2.45, 2.75) is 52.0 Å². The lowest BCUT2D eigenvalue weighted by Crippen LogP contribution is -2.43. The van der Waals surface area contributed by atoms with Gasteiger partial charge in [0.15, 0.2) is 5.78 Å². The van der Waals surface area contributed by atoms with E-state index in [4.69, 9.17) is 0 Å². The zero-order valence-corrected chi connectivity index (χ0v) is 13.3. The molecule has 114 valence electrons. The van der Waals surface area contributed by atoms with Gasteiger partial charge in [0.2, 0.25) is 5.91 Å². The van der Waals surface area contributed by atoms with E-state index >= 15 is 0 Å². The van der Waals surface area contributed by atoms with Gasteiger partial charge >= 0.3 is 0 Å². The van der Waals surface area contributed by atoms with Gasteiger partial charge in [0, 0.05) is 18.5 Å². The summed E-state index contributed by atoms with van der Waals surface area (Å²) in [6, 6.07) is 7.15. The fourth-order valence-electron chi connectivity index (χ4n) is 2.96. The number of ketones is 1. The molecule has 0 saturated heterocycles. The fourth-order valence-corrected chi connectivity index (χ4v) is 2.96. The maximum absolute atomic E-state index is 12.5. The number of benzene rings is 1. The molecule has 1 aromatic rings. The Kier molecular flexibility index (Phi) is 5.16. The minimum absolute atomic E-state index is 0.0154. The van der Waals surface area contributed by atoms with Crippen LogP contribution in [0.3, 0.4) is 0 Å². The van der Waals surface area contributed by atoms with Crippen LogP contribution in [0.25, 0.3) is 0 Å². The standard InChI is InChI=1S/C18H25NO2/c1-13-9-11-15(12-10-13)17(20)14(2)19(3)18(21)16-7-5-4-6-8-16/h9-12,14,16H,4-8H2,1-3H3. The number of likely N-dealkylation sites (N-methyl/N-ethyl adjacent to an activating group) is 1. The van der Waals surface area contributed by atoms with Crippen LogP contribution in [0.5, 0.6) is 0 Å². The summed E-state index contributed by atoms with van der Waals surface area (Å²) in [6.45, 7) is 3.82. The third-order valence-corrected chi connectivity index (χ3v) is 4.60. The van der Waals surface area contributed by atoms with E-state index in [1.165, 1.54) is 6.42 Å². The molecule has 0 spiro atoms. The number of rotatable bonds is 4. The van der Waals surface area contributed by atoms with Gasteiger partial charge < -0.3 is 4.90 Å². The summed E-state index contributed by atoms with van der Waals surface area (Å²) >= 11 is 0. The topological polar surface area (TPSA) is 37.4 Å². The third kappa shape index (κ3) is 3.72. The Balaban J connectivity index is 2.03. The van der Waals surface area contributed by atoms with E-state index in [2.05, 4.69) is 0 Å². The van der Waals surface area contributed by atoms with Gasteiger partial charge in [0.1, 0.15) is 0 Å². The van der Waals surface area contributed by atoms with Crippen LogP contribution in [-0.4, -0.2) is 29.7 Å². The van der Waals surface area contributed by atoms with Gasteiger partial charge in [0.05, 0.1) is 6.04 Å². The lowest BCUT2D eigenvalue weighted by atomic mass is 9.88. The molecule has 0 radical (unpaired) electrons. The Labute approximate surface area is 127 Å². The van der Waals surface area contributed by atoms with Crippen LogP contribution in [0.1, 0.15) is 54.9 Å². The Morgan fingerprint density at radius 3 is 2.24 bits per heavy atom. The van der Waals surface area contributed by atoms with Gasteiger partial charge in [-0.3, -0.25) is 9.59 Å². The van der Waals surface area contributed by atoms with Crippen LogP contribution in [-0.2, 0) is 4.79 Å². The highest BCUT2D eigenvalue weighted by atomic mass is 16.2. The second-order valence-corrected chi connectivity index (χ2v) is 6.19. The fraction of sp³-hybridized carbons (Fsp3) is 0.556. The van der Waals surface area contributed by atoms with Gasteiger partial charge in [-0.15, -0.1) is 0 Å². The normalized spacial score (nSPS) is 17.3. The van der Waals surface area contributed by atoms with Crippen LogP contribution in [0.2, 0.25) is 0 Å². The van der Waals surface area contributed by atoms with E-state index in [0.717, 1.165) is 31.2 Å². The van der Waals surface area contributed by atoms with Crippen molar-refractivity contribution >= 4 is 11.7 Å². The van der Waals surface area contributed by atoms with E-state index in [1.54, 1.807) is 11.9 Å². The van der Waals surface area contributed by atoms with Crippen molar-refractivity contribution in [2.75, 3.05) is 7.05 Å². The Morgan fingerprint density at radius 1 is 1.10 bits per heavy atom. The van der Waals surface area contributed by atoms with Crippen LogP contribution >= 0.6 is 0 Å².